The molecule has 0 saturated heterocycles. The third-order valence-corrected chi connectivity index (χ3v) is 1.69. The first-order chi connectivity index (χ1) is 7.41. The van der Waals surface area contributed by atoms with Crippen LogP contribution in [0.5, 0.6) is 0 Å². The van der Waals surface area contributed by atoms with Gasteiger partial charge in [-0.1, -0.05) is 0 Å². The SMILES string of the molecule is CC(=O)NC(=O)c1cc([N+](=O)[O-])ccc1F. The summed E-state index contributed by atoms with van der Waals surface area (Å²) in [5.74, 6) is -2.60. The molecule has 6 nitrogen and oxygen atoms in total. The average molecular weight is 226 g/mol. The highest BCUT2D eigenvalue weighted by Gasteiger charge is 2.17. The van der Waals surface area contributed by atoms with E-state index in [-0.39, 0.29) is 0 Å². The number of nitro benzene ring substituents is 1. The third kappa shape index (κ3) is 2.59. The molecule has 0 bridgehead atoms. The predicted octanol–water partition coefficient (Wildman–Crippen LogP) is 1.01. The van der Waals surface area contributed by atoms with Gasteiger partial charge in [-0.15, -0.1) is 0 Å². The van der Waals surface area contributed by atoms with Crippen LogP contribution in [0.25, 0.3) is 0 Å². The van der Waals surface area contributed by atoms with E-state index in [9.17, 15) is 24.1 Å². The van der Waals surface area contributed by atoms with Crippen molar-refractivity contribution in [3.63, 3.8) is 0 Å². The Bertz CT molecular complexity index is 473. The molecular weight excluding hydrogens is 219 g/mol. The lowest BCUT2D eigenvalue weighted by Gasteiger charge is -2.02. The lowest BCUT2D eigenvalue weighted by atomic mass is 10.1. The fourth-order valence-electron chi connectivity index (χ4n) is 1.03. The molecule has 16 heavy (non-hydrogen) atoms. The molecular formula is C9H7FN2O4. The summed E-state index contributed by atoms with van der Waals surface area (Å²) in [4.78, 5) is 31.5. The number of nitrogens with one attached hydrogen (secondary N) is 1. The van der Waals surface area contributed by atoms with Crippen LogP contribution in [0.1, 0.15) is 17.3 Å². The van der Waals surface area contributed by atoms with E-state index in [4.69, 9.17) is 0 Å². The number of carbonyl (C=O) groups is 2. The van der Waals surface area contributed by atoms with Gasteiger partial charge < -0.3 is 0 Å². The van der Waals surface area contributed by atoms with Gasteiger partial charge in [0.05, 0.1) is 10.5 Å². The molecule has 84 valence electrons. The Morgan fingerprint density at radius 3 is 2.56 bits per heavy atom. The third-order valence-electron chi connectivity index (χ3n) is 1.69. The van der Waals surface area contributed by atoms with E-state index in [0.29, 0.717) is 0 Å². The van der Waals surface area contributed by atoms with Crippen molar-refractivity contribution in [2.75, 3.05) is 0 Å². The molecule has 1 aromatic carbocycles. The number of hydrogen-bond acceptors (Lipinski definition) is 4. The van der Waals surface area contributed by atoms with E-state index in [1.54, 1.807) is 0 Å². The van der Waals surface area contributed by atoms with Crippen molar-refractivity contribution in [3.05, 3.63) is 39.7 Å². The van der Waals surface area contributed by atoms with E-state index in [1.807, 2.05) is 5.32 Å². The minimum absolute atomic E-state index is 0.421. The fraction of sp³-hybridized carbons (Fsp3) is 0.111. The zero-order chi connectivity index (χ0) is 12.3. The van der Waals surface area contributed by atoms with Crippen LogP contribution < -0.4 is 5.32 Å². The number of non-ortho nitro benzene ring substituents is 1. The Labute approximate surface area is 89.2 Å². The van der Waals surface area contributed by atoms with Crippen molar-refractivity contribution in [2.45, 2.75) is 6.92 Å². The van der Waals surface area contributed by atoms with Gasteiger partial charge in [-0.3, -0.25) is 25.0 Å². The number of nitrogens with zero attached hydrogens (tertiary/aromatic N) is 1. The van der Waals surface area contributed by atoms with Gasteiger partial charge in [0, 0.05) is 19.1 Å². The standard InChI is InChI=1S/C9H7FN2O4/c1-5(13)11-9(14)7-4-6(12(15)16)2-3-8(7)10/h2-4H,1H3,(H,11,13,14). The maximum atomic E-state index is 13.1. The second-order valence-electron chi connectivity index (χ2n) is 2.93. The van der Waals surface area contributed by atoms with E-state index in [1.165, 1.54) is 0 Å². The average Bonchev–Trinajstić information content (AvgIpc) is 2.16. The zero-order valence-electron chi connectivity index (χ0n) is 8.19. The van der Waals surface area contributed by atoms with Crippen LogP contribution in [-0.2, 0) is 4.79 Å². The van der Waals surface area contributed by atoms with Crippen LogP contribution in [0, 0.1) is 15.9 Å². The number of nitro groups is 1. The predicted molar refractivity (Wildman–Crippen MR) is 51.2 cm³/mol. The maximum Gasteiger partial charge on any atom is 0.270 e. The van der Waals surface area contributed by atoms with Crippen LogP contribution >= 0.6 is 0 Å². The van der Waals surface area contributed by atoms with Crippen LogP contribution in [-0.4, -0.2) is 16.7 Å². The van der Waals surface area contributed by atoms with Crippen molar-refractivity contribution in [1.29, 1.82) is 0 Å². The van der Waals surface area contributed by atoms with Crippen molar-refractivity contribution in [1.82, 2.24) is 5.32 Å². The monoisotopic (exact) mass is 226 g/mol. The van der Waals surface area contributed by atoms with Gasteiger partial charge in [-0.25, -0.2) is 4.39 Å². The molecule has 0 radical (unpaired) electrons. The summed E-state index contributed by atoms with van der Waals surface area (Å²) in [6.45, 7) is 1.08. The van der Waals surface area contributed by atoms with Crippen molar-refractivity contribution in [3.8, 4) is 0 Å². The summed E-state index contributed by atoms with van der Waals surface area (Å²) in [6, 6.07) is 2.50. The number of imide groups is 1. The normalized spacial score (nSPS) is 9.62. The highest BCUT2D eigenvalue weighted by Crippen LogP contribution is 2.16. The first-order valence-corrected chi connectivity index (χ1v) is 4.17. The summed E-state index contributed by atoms with van der Waals surface area (Å²) in [5, 5.41) is 12.2. The molecule has 0 unspecified atom stereocenters. The number of hydrogen-bond donors (Lipinski definition) is 1. The Kier molecular flexibility index (Phi) is 3.29. The molecule has 1 aromatic rings. The van der Waals surface area contributed by atoms with Gasteiger partial charge in [0.2, 0.25) is 5.91 Å². The van der Waals surface area contributed by atoms with Gasteiger partial charge >= 0.3 is 0 Å². The van der Waals surface area contributed by atoms with Gasteiger partial charge in [-0.2, -0.15) is 0 Å². The Balaban J connectivity index is 3.11. The smallest absolute Gasteiger partial charge is 0.270 e. The summed E-state index contributed by atoms with van der Waals surface area (Å²) in [5.41, 5.74) is -0.959. The molecule has 0 fully saturated rings. The lowest BCUT2D eigenvalue weighted by molar-refractivity contribution is -0.384. The molecule has 7 heteroatoms. The number of carbonyl (C=O) groups excluding carboxylic acids is 2. The second kappa shape index (κ2) is 4.47. The number of benzene rings is 1. The Hall–Kier alpha value is -2.31. The van der Waals surface area contributed by atoms with Gasteiger partial charge in [-0.05, 0) is 6.07 Å². The van der Waals surface area contributed by atoms with E-state index in [2.05, 4.69) is 0 Å². The summed E-state index contributed by atoms with van der Waals surface area (Å²) < 4.78 is 13.1. The Morgan fingerprint density at radius 1 is 1.44 bits per heavy atom. The minimum atomic E-state index is -1.01. The highest BCUT2D eigenvalue weighted by molar-refractivity contribution is 6.04. The fourth-order valence-corrected chi connectivity index (χ4v) is 1.03. The second-order valence-corrected chi connectivity index (χ2v) is 2.93. The van der Waals surface area contributed by atoms with E-state index in [0.717, 1.165) is 25.1 Å². The van der Waals surface area contributed by atoms with Crippen LogP contribution in [0.4, 0.5) is 10.1 Å². The molecule has 0 aliphatic heterocycles. The molecule has 1 N–H and O–H groups in total. The molecule has 0 saturated carbocycles. The minimum Gasteiger partial charge on any atom is -0.292 e. The summed E-state index contributed by atoms with van der Waals surface area (Å²) >= 11 is 0. The molecule has 0 spiro atoms. The van der Waals surface area contributed by atoms with Gasteiger partial charge in [0.15, 0.2) is 0 Å². The molecule has 0 heterocycles. The molecule has 0 atom stereocenters. The van der Waals surface area contributed by atoms with Crippen LogP contribution in [0.15, 0.2) is 18.2 Å². The first kappa shape index (κ1) is 11.8. The topological polar surface area (TPSA) is 89.3 Å². The van der Waals surface area contributed by atoms with E-state index >= 15 is 0 Å². The molecule has 2 amide bonds. The molecule has 1 rings (SSSR count). The first-order valence-electron chi connectivity index (χ1n) is 4.17. The largest absolute Gasteiger partial charge is 0.292 e. The number of rotatable bonds is 2. The lowest BCUT2D eigenvalue weighted by Crippen LogP contribution is -2.28. The van der Waals surface area contributed by atoms with Crippen molar-refractivity contribution in [2.24, 2.45) is 0 Å². The molecule has 0 aliphatic rings. The van der Waals surface area contributed by atoms with Crippen LogP contribution in [0.3, 0.4) is 0 Å². The van der Waals surface area contributed by atoms with E-state index < -0.39 is 33.8 Å². The summed E-state index contributed by atoms with van der Waals surface area (Å²) in [7, 11) is 0. The molecule has 0 aromatic heterocycles. The van der Waals surface area contributed by atoms with Crippen LogP contribution in [0.2, 0.25) is 0 Å². The summed E-state index contributed by atoms with van der Waals surface area (Å²) in [6.07, 6.45) is 0. The quantitative estimate of drug-likeness (QED) is 0.601. The van der Waals surface area contributed by atoms with Crippen molar-refractivity contribution >= 4 is 17.5 Å². The Morgan fingerprint density at radius 2 is 2.06 bits per heavy atom. The molecule has 0 aliphatic carbocycles. The van der Waals surface area contributed by atoms with Gasteiger partial charge in [0.25, 0.3) is 11.6 Å². The zero-order valence-corrected chi connectivity index (χ0v) is 8.19. The number of halogens is 1. The van der Waals surface area contributed by atoms with Crippen molar-refractivity contribution < 1.29 is 18.9 Å². The van der Waals surface area contributed by atoms with Gasteiger partial charge in [0.1, 0.15) is 5.82 Å². The highest BCUT2D eigenvalue weighted by atomic mass is 19.1. The maximum absolute atomic E-state index is 13.1. The number of amides is 2.